The minimum atomic E-state index is -0.670. The predicted molar refractivity (Wildman–Crippen MR) is 97.4 cm³/mol. The Morgan fingerprint density at radius 2 is 1.58 bits per heavy atom. The van der Waals surface area contributed by atoms with Crippen molar-refractivity contribution in [2.75, 3.05) is 0 Å². The largest absolute Gasteiger partial charge is 0.457 e. The molecule has 5 heteroatoms. The molecule has 3 rings (SSSR count). The maximum atomic E-state index is 12.2. The molecule has 0 saturated heterocycles. The molecule has 3 N–H and O–H groups in total. The maximum Gasteiger partial charge on any atom is 0.240 e. The van der Waals surface area contributed by atoms with E-state index in [1.54, 1.807) is 0 Å². The highest BCUT2D eigenvalue weighted by Gasteiger charge is 2.36. The van der Waals surface area contributed by atoms with E-state index in [9.17, 15) is 4.79 Å². The Hall–Kier alpha value is -2.04. The normalized spacial score (nSPS) is 15.4. The van der Waals surface area contributed by atoms with Crippen molar-refractivity contribution in [2.45, 2.75) is 37.8 Å². The zero-order chi connectivity index (χ0) is 16.1. The molecule has 1 fully saturated rings. The van der Waals surface area contributed by atoms with Gasteiger partial charge in [-0.3, -0.25) is 4.79 Å². The van der Waals surface area contributed by atoms with Gasteiger partial charge in [-0.2, -0.15) is 0 Å². The number of carbonyl (C=O) groups is 1. The number of hydrogen-bond acceptors (Lipinski definition) is 3. The van der Waals surface area contributed by atoms with Crippen molar-refractivity contribution < 1.29 is 9.53 Å². The molecule has 24 heavy (non-hydrogen) atoms. The van der Waals surface area contributed by atoms with Gasteiger partial charge in [0.1, 0.15) is 11.5 Å². The van der Waals surface area contributed by atoms with Gasteiger partial charge in [-0.25, -0.2) is 0 Å². The number of rotatable bonds is 5. The van der Waals surface area contributed by atoms with Gasteiger partial charge in [-0.15, -0.1) is 12.4 Å². The van der Waals surface area contributed by atoms with Gasteiger partial charge in [-0.05, 0) is 42.7 Å². The second kappa shape index (κ2) is 8.18. The van der Waals surface area contributed by atoms with Crippen LogP contribution < -0.4 is 15.8 Å². The molecule has 4 nitrogen and oxygen atoms in total. The van der Waals surface area contributed by atoms with Crippen LogP contribution in [-0.2, 0) is 11.3 Å². The summed E-state index contributed by atoms with van der Waals surface area (Å²) < 4.78 is 5.75. The van der Waals surface area contributed by atoms with Crippen molar-refractivity contribution in [1.82, 2.24) is 5.32 Å². The van der Waals surface area contributed by atoms with Gasteiger partial charge in [0.15, 0.2) is 0 Å². The first kappa shape index (κ1) is 18.3. The number of para-hydroxylation sites is 1. The average molecular weight is 347 g/mol. The van der Waals surface area contributed by atoms with Crippen LogP contribution in [0.2, 0.25) is 0 Å². The first-order valence-electron chi connectivity index (χ1n) is 8.05. The SMILES string of the molecule is Cl.NC1(C(=O)NCc2ccc(Oc3ccccc3)cc2)CCCC1. The van der Waals surface area contributed by atoms with Crippen LogP contribution in [0.3, 0.4) is 0 Å². The Morgan fingerprint density at radius 1 is 1.00 bits per heavy atom. The van der Waals surface area contributed by atoms with E-state index in [-0.39, 0.29) is 18.3 Å². The average Bonchev–Trinajstić information content (AvgIpc) is 3.03. The summed E-state index contributed by atoms with van der Waals surface area (Å²) in [5, 5.41) is 2.95. The minimum absolute atomic E-state index is 0. The van der Waals surface area contributed by atoms with Gasteiger partial charge in [-0.1, -0.05) is 43.2 Å². The molecule has 2 aromatic rings. The first-order valence-corrected chi connectivity index (χ1v) is 8.05. The number of nitrogens with one attached hydrogen (secondary N) is 1. The molecule has 128 valence electrons. The lowest BCUT2D eigenvalue weighted by molar-refractivity contribution is -0.126. The van der Waals surface area contributed by atoms with Gasteiger partial charge in [0.25, 0.3) is 0 Å². The number of benzene rings is 2. The second-order valence-electron chi connectivity index (χ2n) is 6.10. The highest BCUT2D eigenvalue weighted by molar-refractivity contribution is 5.86. The molecule has 1 saturated carbocycles. The zero-order valence-electron chi connectivity index (χ0n) is 13.5. The summed E-state index contributed by atoms with van der Waals surface area (Å²) in [6.45, 7) is 0.489. The summed E-state index contributed by atoms with van der Waals surface area (Å²) in [7, 11) is 0. The molecule has 0 radical (unpaired) electrons. The quantitative estimate of drug-likeness (QED) is 0.865. The standard InChI is InChI=1S/C19H22N2O2.ClH/c20-19(12-4-5-13-19)18(22)21-14-15-8-10-17(11-9-15)23-16-6-2-1-3-7-16;/h1-3,6-11H,4-5,12-14,20H2,(H,21,22);1H. The molecule has 0 aliphatic heterocycles. The lowest BCUT2D eigenvalue weighted by atomic mass is 9.98. The lowest BCUT2D eigenvalue weighted by Gasteiger charge is -2.22. The Balaban J connectivity index is 0.00000208. The van der Waals surface area contributed by atoms with Crippen LogP contribution in [0.25, 0.3) is 0 Å². The summed E-state index contributed by atoms with van der Waals surface area (Å²) in [5.41, 5.74) is 6.50. The third kappa shape index (κ3) is 4.49. The van der Waals surface area contributed by atoms with Crippen molar-refractivity contribution in [3.8, 4) is 11.5 Å². The van der Waals surface area contributed by atoms with E-state index in [1.165, 1.54) is 0 Å². The van der Waals surface area contributed by atoms with Crippen molar-refractivity contribution in [3.63, 3.8) is 0 Å². The molecule has 2 aromatic carbocycles. The van der Waals surface area contributed by atoms with E-state index >= 15 is 0 Å². The van der Waals surface area contributed by atoms with E-state index in [2.05, 4.69) is 5.32 Å². The molecule has 1 amide bonds. The number of amides is 1. The molecule has 0 aromatic heterocycles. The van der Waals surface area contributed by atoms with Crippen LogP contribution >= 0.6 is 12.4 Å². The third-order valence-electron chi connectivity index (χ3n) is 4.30. The van der Waals surface area contributed by atoms with E-state index in [0.29, 0.717) is 6.54 Å². The van der Waals surface area contributed by atoms with Gasteiger partial charge in [0.05, 0.1) is 5.54 Å². The van der Waals surface area contributed by atoms with Crippen LogP contribution in [0.4, 0.5) is 0 Å². The third-order valence-corrected chi connectivity index (χ3v) is 4.30. The summed E-state index contributed by atoms with van der Waals surface area (Å²) in [6, 6.07) is 17.4. The van der Waals surface area contributed by atoms with Gasteiger partial charge in [0.2, 0.25) is 5.91 Å². The number of carbonyl (C=O) groups excluding carboxylic acids is 1. The first-order chi connectivity index (χ1) is 11.2. The van der Waals surface area contributed by atoms with Crippen LogP contribution in [0.5, 0.6) is 11.5 Å². The Labute approximate surface area is 148 Å². The Kier molecular flexibility index (Phi) is 6.23. The van der Waals surface area contributed by atoms with Crippen LogP contribution in [0.1, 0.15) is 31.2 Å². The van der Waals surface area contributed by atoms with Crippen LogP contribution in [0.15, 0.2) is 54.6 Å². The molecule has 0 spiro atoms. The van der Waals surface area contributed by atoms with Gasteiger partial charge in [0, 0.05) is 6.54 Å². The fraction of sp³-hybridized carbons (Fsp3) is 0.316. The predicted octanol–water partition coefficient (Wildman–Crippen LogP) is 3.79. The lowest BCUT2D eigenvalue weighted by Crippen LogP contribution is -2.51. The summed E-state index contributed by atoms with van der Waals surface area (Å²) in [5.74, 6) is 1.54. The summed E-state index contributed by atoms with van der Waals surface area (Å²) in [6.07, 6.45) is 3.64. The monoisotopic (exact) mass is 346 g/mol. The molecule has 1 aliphatic carbocycles. The Morgan fingerprint density at radius 3 is 2.21 bits per heavy atom. The number of nitrogens with two attached hydrogens (primary N) is 1. The smallest absolute Gasteiger partial charge is 0.240 e. The van der Waals surface area contributed by atoms with Crippen molar-refractivity contribution >= 4 is 18.3 Å². The second-order valence-corrected chi connectivity index (χ2v) is 6.10. The van der Waals surface area contributed by atoms with Crippen molar-refractivity contribution in [2.24, 2.45) is 5.73 Å². The number of halogens is 1. The fourth-order valence-corrected chi connectivity index (χ4v) is 2.89. The molecular formula is C19H23ClN2O2. The maximum absolute atomic E-state index is 12.2. The zero-order valence-corrected chi connectivity index (χ0v) is 14.4. The van der Waals surface area contributed by atoms with E-state index in [1.807, 2.05) is 54.6 Å². The van der Waals surface area contributed by atoms with Crippen molar-refractivity contribution in [1.29, 1.82) is 0 Å². The summed E-state index contributed by atoms with van der Waals surface area (Å²) in [4.78, 5) is 12.2. The molecule has 0 bridgehead atoms. The minimum Gasteiger partial charge on any atom is -0.457 e. The van der Waals surface area contributed by atoms with E-state index in [4.69, 9.17) is 10.5 Å². The topological polar surface area (TPSA) is 64.4 Å². The van der Waals surface area contributed by atoms with E-state index in [0.717, 1.165) is 42.7 Å². The Bertz CT molecular complexity index is 653. The highest BCUT2D eigenvalue weighted by Crippen LogP contribution is 2.27. The van der Waals surface area contributed by atoms with Gasteiger partial charge < -0.3 is 15.8 Å². The molecular weight excluding hydrogens is 324 g/mol. The van der Waals surface area contributed by atoms with Crippen LogP contribution in [0, 0.1) is 0 Å². The van der Waals surface area contributed by atoms with Gasteiger partial charge >= 0.3 is 0 Å². The summed E-state index contributed by atoms with van der Waals surface area (Å²) >= 11 is 0. The fourth-order valence-electron chi connectivity index (χ4n) is 2.89. The molecule has 0 heterocycles. The molecule has 0 unspecified atom stereocenters. The number of ether oxygens (including phenoxy) is 1. The molecule has 1 aliphatic rings. The molecule has 0 atom stereocenters. The van der Waals surface area contributed by atoms with Crippen LogP contribution in [-0.4, -0.2) is 11.4 Å². The van der Waals surface area contributed by atoms with E-state index < -0.39 is 5.54 Å². The van der Waals surface area contributed by atoms with Crippen molar-refractivity contribution in [3.05, 3.63) is 60.2 Å². The highest BCUT2D eigenvalue weighted by atomic mass is 35.5. The number of hydrogen-bond donors (Lipinski definition) is 2.